The topological polar surface area (TPSA) is 38.8 Å². The Kier molecular flexibility index (Phi) is 5.01. The van der Waals surface area contributed by atoms with Crippen molar-refractivity contribution in [3.05, 3.63) is 35.9 Å². The van der Waals surface area contributed by atoms with Gasteiger partial charge in [-0.3, -0.25) is 9.69 Å². The van der Waals surface area contributed by atoms with Gasteiger partial charge in [-0.05, 0) is 56.7 Å². The molecule has 0 bridgehead atoms. The summed E-state index contributed by atoms with van der Waals surface area (Å²) in [5, 5.41) is 0. The maximum Gasteiger partial charge on any atom is 0.231 e. The Morgan fingerprint density at radius 3 is 2.96 bits per heavy atom. The molecule has 0 spiro atoms. The van der Waals surface area contributed by atoms with E-state index in [1.165, 1.54) is 5.56 Å². The number of ketones is 1. The van der Waals surface area contributed by atoms with Crippen LogP contribution in [0.1, 0.15) is 44.6 Å². The molecule has 2 atom stereocenters. The second-order valence-corrected chi connectivity index (χ2v) is 6.48. The Labute approximate surface area is 138 Å². The van der Waals surface area contributed by atoms with Crippen molar-refractivity contribution in [3.8, 4) is 11.5 Å². The van der Waals surface area contributed by atoms with Crippen LogP contribution in [0, 0.1) is 0 Å². The minimum Gasteiger partial charge on any atom is -0.454 e. The Bertz CT molecular complexity index is 596. The molecule has 0 aliphatic carbocycles. The molecule has 124 valence electrons. The van der Waals surface area contributed by atoms with Gasteiger partial charge in [-0.15, -0.1) is 0 Å². The van der Waals surface area contributed by atoms with E-state index in [0.29, 0.717) is 25.3 Å². The molecule has 0 amide bonds. The normalized spacial score (nSPS) is 23.7. The fourth-order valence-corrected chi connectivity index (χ4v) is 3.63. The number of likely N-dealkylation sites (tertiary alicyclic amines) is 1. The van der Waals surface area contributed by atoms with E-state index in [0.717, 1.165) is 37.3 Å². The molecule has 1 aromatic carbocycles. The average molecular weight is 315 g/mol. The molecule has 2 unspecified atom stereocenters. The van der Waals surface area contributed by atoms with E-state index in [4.69, 9.17) is 9.47 Å². The van der Waals surface area contributed by atoms with Crippen molar-refractivity contribution in [1.29, 1.82) is 0 Å². The van der Waals surface area contributed by atoms with Crippen LogP contribution in [0.4, 0.5) is 0 Å². The first kappa shape index (κ1) is 16.1. The number of fused-ring (bicyclic) bond motifs is 1. The predicted molar refractivity (Wildman–Crippen MR) is 90.0 cm³/mol. The quantitative estimate of drug-likeness (QED) is 0.753. The van der Waals surface area contributed by atoms with Crippen LogP contribution in [0.3, 0.4) is 0 Å². The summed E-state index contributed by atoms with van der Waals surface area (Å²) >= 11 is 0. The first-order valence-electron chi connectivity index (χ1n) is 8.41. The molecule has 0 saturated carbocycles. The number of benzene rings is 1. The van der Waals surface area contributed by atoms with E-state index >= 15 is 0 Å². The maximum absolute atomic E-state index is 11.6. The number of Topliss-reactive ketones (excluding diaryl/α,β-unsaturated/α-hetero) is 1. The van der Waals surface area contributed by atoms with E-state index in [2.05, 4.69) is 36.1 Å². The molecule has 4 nitrogen and oxygen atoms in total. The molecule has 23 heavy (non-hydrogen) atoms. The Balaban J connectivity index is 1.71. The smallest absolute Gasteiger partial charge is 0.231 e. The number of carbonyl (C=O) groups excluding carboxylic acids is 1. The van der Waals surface area contributed by atoms with Gasteiger partial charge in [-0.25, -0.2) is 0 Å². The third kappa shape index (κ3) is 3.75. The van der Waals surface area contributed by atoms with Crippen molar-refractivity contribution in [2.75, 3.05) is 19.9 Å². The van der Waals surface area contributed by atoms with Crippen molar-refractivity contribution in [1.82, 2.24) is 4.90 Å². The minimum absolute atomic E-state index is 0.243. The highest BCUT2D eigenvalue weighted by atomic mass is 16.7. The van der Waals surface area contributed by atoms with E-state index < -0.39 is 0 Å². The highest BCUT2D eigenvalue weighted by Gasteiger charge is 2.33. The van der Waals surface area contributed by atoms with Gasteiger partial charge in [0, 0.05) is 12.6 Å². The van der Waals surface area contributed by atoms with E-state index in [1.807, 2.05) is 6.07 Å². The first-order chi connectivity index (χ1) is 11.2. The van der Waals surface area contributed by atoms with Gasteiger partial charge in [0.1, 0.15) is 5.78 Å². The second kappa shape index (κ2) is 7.18. The van der Waals surface area contributed by atoms with Gasteiger partial charge >= 0.3 is 0 Å². The molecule has 2 heterocycles. The lowest BCUT2D eigenvalue weighted by Gasteiger charge is -2.22. The molecule has 0 N–H and O–H groups in total. The van der Waals surface area contributed by atoms with Crippen LogP contribution < -0.4 is 9.47 Å². The Hall–Kier alpha value is -1.81. The lowest BCUT2D eigenvalue weighted by atomic mass is 9.94. The molecule has 2 aliphatic heterocycles. The van der Waals surface area contributed by atoms with Gasteiger partial charge in [0.05, 0.1) is 6.54 Å². The molecule has 0 aromatic heterocycles. The average Bonchev–Trinajstić information content (AvgIpc) is 3.13. The highest BCUT2D eigenvalue weighted by Crippen LogP contribution is 2.39. The first-order valence-corrected chi connectivity index (χ1v) is 8.41. The summed E-state index contributed by atoms with van der Waals surface area (Å²) in [6, 6.07) is 6.72. The summed E-state index contributed by atoms with van der Waals surface area (Å²) in [4.78, 5) is 13.9. The number of nitrogens with zero attached hydrogens (tertiary/aromatic N) is 1. The molecule has 1 fully saturated rings. The summed E-state index contributed by atoms with van der Waals surface area (Å²) in [5.41, 5.74) is 1.29. The minimum atomic E-state index is 0.243. The van der Waals surface area contributed by atoms with Crippen LogP contribution in [0.2, 0.25) is 0 Å². The fraction of sp³-hybridized carbons (Fsp3) is 0.526. The number of carbonyl (C=O) groups is 1. The molecular weight excluding hydrogens is 290 g/mol. The number of rotatable bonds is 6. The molecule has 1 saturated heterocycles. The van der Waals surface area contributed by atoms with Gasteiger partial charge in [0.2, 0.25) is 6.79 Å². The van der Waals surface area contributed by atoms with Crippen LogP contribution in [0.15, 0.2) is 30.4 Å². The zero-order valence-corrected chi connectivity index (χ0v) is 14.0. The molecule has 1 aromatic rings. The van der Waals surface area contributed by atoms with Crippen molar-refractivity contribution in [2.45, 2.75) is 45.1 Å². The zero-order valence-electron chi connectivity index (χ0n) is 14.0. The molecule has 4 heteroatoms. The Morgan fingerprint density at radius 1 is 1.35 bits per heavy atom. The highest BCUT2D eigenvalue weighted by molar-refractivity contribution is 5.77. The van der Waals surface area contributed by atoms with Crippen LogP contribution in [-0.2, 0) is 4.79 Å². The van der Waals surface area contributed by atoms with E-state index in [1.54, 1.807) is 6.92 Å². The zero-order chi connectivity index (χ0) is 16.2. The van der Waals surface area contributed by atoms with Crippen molar-refractivity contribution in [3.63, 3.8) is 0 Å². The summed E-state index contributed by atoms with van der Waals surface area (Å²) in [5.74, 6) is 2.38. The van der Waals surface area contributed by atoms with E-state index in [9.17, 15) is 4.79 Å². The number of allylic oxidation sites excluding steroid dienone is 2. The van der Waals surface area contributed by atoms with Gasteiger partial charge in [0.15, 0.2) is 11.5 Å². The third-order valence-electron chi connectivity index (χ3n) is 4.72. The summed E-state index contributed by atoms with van der Waals surface area (Å²) < 4.78 is 10.9. The molecule has 3 rings (SSSR count). The number of hydrogen-bond donors (Lipinski definition) is 0. The third-order valence-corrected chi connectivity index (χ3v) is 4.72. The van der Waals surface area contributed by atoms with Crippen molar-refractivity contribution >= 4 is 5.78 Å². The van der Waals surface area contributed by atoms with Gasteiger partial charge < -0.3 is 9.47 Å². The van der Waals surface area contributed by atoms with Crippen molar-refractivity contribution in [2.24, 2.45) is 0 Å². The summed E-state index contributed by atoms with van der Waals surface area (Å²) in [6.07, 6.45) is 7.59. The number of hydrogen-bond acceptors (Lipinski definition) is 4. The van der Waals surface area contributed by atoms with Crippen molar-refractivity contribution < 1.29 is 14.3 Å². The standard InChI is InChI=1S/C19H25NO3/c1-3-4-5-6-17-9-16(12-20(17)11-14(2)21)15-7-8-18-19(10-15)23-13-22-18/h3-4,7-8,10,16-17H,5-6,9,11-13H2,1-2H3/b4-3+. The van der Waals surface area contributed by atoms with Crippen LogP contribution >= 0.6 is 0 Å². The van der Waals surface area contributed by atoms with Gasteiger partial charge in [-0.2, -0.15) is 0 Å². The Morgan fingerprint density at radius 2 is 2.17 bits per heavy atom. The van der Waals surface area contributed by atoms with Crippen LogP contribution in [0.25, 0.3) is 0 Å². The van der Waals surface area contributed by atoms with E-state index in [-0.39, 0.29) is 5.78 Å². The van der Waals surface area contributed by atoms with Gasteiger partial charge in [-0.1, -0.05) is 18.2 Å². The fourth-order valence-electron chi connectivity index (χ4n) is 3.63. The number of ether oxygens (including phenoxy) is 2. The molecular formula is C19H25NO3. The largest absolute Gasteiger partial charge is 0.454 e. The lowest BCUT2D eigenvalue weighted by Crippen LogP contribution is -2.33. The lowest BCUT2D eigenvalue weighted by molar-refractivity contribution is -0.118. The SMILES string of the molecule is C/C=C/CCC1CC(c2ccc3c(c2)OCO3)CN1CC(C)=O. The molecule has 2 aliphatic rings. The van der Waals surface area contributed by atoms with Crippen LogP contribution in [-0.4, -0.2) is 36.6 Å². The van der Waals surface area contributed by atoms with Gasteiger partial charge in [0.25, 0.3) is 0 Å². The monoisotopic (exact) mass is 315 g/mol. The van der Waals surface area contributed by atoms with Crippen LogP contribution in [0.5, 0.6) is 11.5 Å². The molecule has 0 radical (unpaired) electrons. The summed E-state index contributed by atoms with van der Waals surface area (Å²) in [7, 11) is 0. The second-order valence-electron chi connectivity index (χ2n) is 6.48. The predicted octanol–water partition coefficient (Wildman–Crippen LogP) is 3.52. The summed E-state index contributed by atoms with van der Waals surface area (Å²) in [6.45, 7) is 5.54. The maximum atomic E-state index is 11.6.